The molecule has 100 valence electrons. The highest BCUT2D eigenvalue weighted by molar-refractivity contribution is 7.89. The monoisotopic (exact) mass is 291 g/mol. The van der Waals surface area contributed by atoms with Crippen molar-refractivity contribution in [2.24, 2.45) is 0 Å². The van der Waals surface area contributed by atoms with Gasteiger partial charge in [-0.2, -0.15) is 8.42 Å². The minimum atomic E-state index is -5.43. The molecule has 0 aliphatic carbocycles. The second kappa shape index (κ2) is 6.05. The molecule has 0 N–H and O–H groups in total. The molecule has 0 aliphatic heterocycles. The minimum absolute atomic E-state index is 0.177. The molecule has 0 aromatic rings. The summed E-state index contributed by atoms with van der Waals surface area (Å²) in [7, 11) is -8.96. The van der Waals surface area contributed by atoms with E-state index in [0.29, 0.717) is 7.05 Å². The Morgan fingerprint density at radius 1 is 1.41 bits per heavy atom. The van der Waals surface area contributed by atoms with Gasteiger partial charge in [0.25, 0.3) is 0 Å². The Kier molecular flexibility index (Phi) is 5.68. The van der Waals surface area contributed by atoms with Gasteiger partial charge in [-0.25, -0.2) is 13.2 Å². The summed E-state index contributed by atoms with van der Waals surface area (Å²) in [5.41, 5.74) is 0. The Morgan fingerprint density at radius 2 is 1.94 bits per heavy atom. The molecule has 0 rings (SSSR count). The zero-order valence-corrected chi connectivity index (χ0v) is 10.3. The third-order valence-electron chi connectivity index (χ3n) is 1.34. The fourth-order valence-corrected chi connectivity index (χ4v) is 2.00. The third-order valence-corrected chi connectivity index (χ3v) is 3.37. The number of rotatable bonds is 7. The van der Waals surface area contributed by atoms with Crippen LogP contribution in [0.25, 0.3) is 0 Å². The first kappa shape index (κ1) is 16.0. The topological polar surface area (TPSA) is 107 Å². The maximum Gasteiger partial charge on any atom is 0.455 e. The number of hydrogen-bond acceptors (Lipinski definition) is 7. The first-order valence-corrected chi connectivity index (χ1v) is 6.90. The predicted octanol–water partition coefficient (Wildman–Crippen LogP) is -0.877. The van der Waals surface area contributed by atoms with E-state index in [2.05, 4.69) is 15.6 Å². The van der Waals surface area contributed by atoms with Crippen LogP contribution in [0.3, 0.4) is 0 Å². The lowest BCUT2D eigenvalue weighted by Gasteiger charge is -2.13. The maximum atomic E-state index is 12.0. The van der Waals surface area contributed by atoms with Gasteiger partial charge in [-0.1, -0.05) is 14.9 Å². The van der Waals surface area contributed by atoms with Crippen LogP contribution >= 0.6 is 0 Å². The molecule has 0 bridgehead atoms. The lowest BCUT2D eigenvalue weighted by atomic mass is 10.6. The molecule has 0 saturated carbocycles. The molecule has 0 fully saturated rings. The van der Waals surface area contributed by atoms with Gasteiger partial charge in [-0.15, -0.1) is 4.28 Å². The summed E-state index contributed by atoms with van der Waals surface area (Å²) in [5.74, 6) is -1.61. The van der Waals surface area contributed by atoms with Gasteiger partial charge < -0.3 is 4.74 Å². The van der Waals surface area contributed by atoms with Gasteiger partial charge in [0, 0.05) is 13.1 Å². The van der Waals surface area contributed by atoms with Crippen molar-refractivity contribution in [3.8, 4) is 0 Å². The van der Waals surface area contributed by atoms with Crippen molar-refractivity contribution in [2.45, 2.75) is 0 Å². The molecule has 11 heteroatoms. The number of esters is 1. The predicted molar refractivity (Wildman–Crippen MR) is 53.8 cm³/mol. The lowest BCUT2D eigenvalue weighted by Crippen LogP contribution is -2.32. The summed E-state index contributed by atoms with van der Waals surface area (Å²) in [6.45, 7) is 2.52. The average molecular weight is 291 g/mol. The molecule has 0 aliphatic rings. The molecule has 0 aromatic carbocycles. The molecule has 0 heterocycles. The summed E-state index contributed by atoms with van der Waals surface area (Å²) >= 11 is 0. The van der Waals surface area contributed by atoms with E-state index in [9.17, 15) is 25.5 Å². The van der Waals surface area contributed by atoms with Crippen molar-refractivity contribution in [1.82, 2.24) is 4.47 Å². The molecule has 0 atom stereocenters. The van der Waals surface area contributed by atoms with Crippen LogP contribution in [0.5, 0.6) is 0 Å². The van der Waals surface area contributed by atoms with E-state index in [4.69, 9.17) is 0 Å². The number of hydrogen-bond donors (Lipinski definition) is 0. The molecule has 17 heavy (non-hydrogen) atoms. The standard InChI is InChI=1S/C6H10FNO7S2/c1-3-6(9)14-4-5-16(10,11)8(2)15-17(7,12)13/h3H,1,4-5H2,2H3. The Labute approximate surface area is 98.0 Å². The fourth-order valence-electron chi connectivity index (χ4n) is 0.607. The summed E-state index contributed by atoms with van der Waals surface area (Å²) in [6.07, 6.45) is 0.818. The van der Waals surface area contributed by atoms with Crippen LogP contribution in [-0.4, -0.2) is 46.7 Å². The smallest absolute Gasteiger partial charge is 0.455 e. The number of hydroxylamine groups is 1. The first-order chi connectivity index (χ1) is 7.58. The summed E-state index contributed by atoms with van der Waals surface area (Å²) in [6, 6.07) is 0. The summed E-state index contributed by atoms with van der Waals surface area (Å²) in [5, 5.41) is 0. The molecule has 0 radical (unpaired) electrons. The highest BCUT2D eigenvalue weighted by Gasteiger charge is 2.24. The van der Waals surface area contributed by atoms with Gasteiger partial charge in [0.2, 0.25) is 10.0 Å². The summed E-state index contributed by atoms with van der Waals surface area (Å²) in [4.78, 5) is 10.6. The summed E-state index contributed by atoms with van der Waals surface area (Å²) < 4.78 is 62.2. The van der Waals surface area contributed by atoms with Crippen molar-refractivity contribution >= 4 is 26.5 Å². The molecule has 0 spiro atoms. The maximum absolute atomic E-state index is 12.0. The molecule has 8 nitrogen and oxygen atoms in total. The number of halogens is 1. The zero-order chi connectivity index (χ0) is 13.7. The molecular weight excluding hydrogens is 281 g/mol. The first-order valence-electron chi connectivity index (χ1n) is 3.98. The van der Waals surface area contributed by atoms with Crippen LogP contribution in [0.4, 0.5) is 3.89 Å². The largest absolute Gasteiger partial charge is 0.461 e. The average Bonchev–Trinajstić information content (AvgIpc) is 2.14. The van der Waals surface area contributed by atoms with Crippen LogP contribution in [0, 0.1) is 0 Å². The SMILES string of the molecule is C=CC(=O)OCCS(=O)(=O)N(C)OS(=O)(=O)F. The van der Waals surface area contributed by atoms with E-state index in [-0.39, 0.29) is 4.47 Å². The van der Waals surface area contributed by atoms with Gasteiger partial charge >= 0.3 is 16.5 Å². The minimum Gasteiger partial charge on any atom is -0.461 e. The van der Waals surface area contributed by atoms with E-state index in [1.807, 2.05) is 0 Å². The Hall–Kier alpha value is -1.04. The second-order valence-corrected chi connectivity index (χ2v) is 5.59. The van der Waals surface area contributed by atoms with Gasteiger partial charge in [0.05, 0.1) is 0 Å². The number of carbonyl (C=O) groups is 1. The van der Waals surface area contributed by atoms with Crippen molar-refractivity contribution in [3.63, 3.8) is 0 Å². The van der Waals surface area contributed by atoms with Crippen LogP contribution < -0.4 is 0 Å². The van der Waals surface area contributed by atoms with Crippen LogP contribution in [0.15, 0.2) is 12.7 Å². The van der Waals surface area contributed by atoms with E-state index < -0.39 is 38.9 Å². The Bertz CT molecular complexity index is 482. The van der Waals surface area contributed by atoms with Crippen LogP contribution in [0.2, 0.25) is 0 Å². The van der Waals surface area contributed by atoms with E-state index in [1.165, 1.54) is 0 Å². The van der Waals surface area contributed by atoms with Crippen molar-refractivity contribution < 1.29 is 34.5 Å². The lowest BCUT2D eigenvalue weighted by molar-refractivity contribution is -0.137. The molecule has 0 unspecified atom stereocenters. The highest BCUT2D eigenvalue weighted by atomic mass is 32.3. The quantitative estimate of drug-likeness (QED) is 0.259. The zero-order valence-electron chi connectivity index (χ0n) is 8.70. The molecule has 0 amide bonds. The van der Waals surface area contributed by atoms with E-state index >= 15 is 0 Å². The normalized spacial score (nSPS) is 12.4. The van der Waals surface area contributed by atoms with Crippen molar-refractivity contribution in [2.75, 3.05) is 19.4 Å². The van der Waals surface area contributed by atoms with E-state index in [0.717, 1.165) is 6.08 Å². The van der Waals surface area contributed by atoms with Crippen LogP contribution in [0.1, 0.15) is 0 Å². The Balaban J connectivity index is 4.39. The Morgan fingerprint density at radius 3 is 2.35 bits per heavy atom. The van der Waals surface area contributed by atoms with E-state index in [1.54, 1.807) is 0 Å². The highest BCUT2D eigenvalue weighted by Crippen LogP contribution is 2.05. The fraction of sp³-hybridized carbons (Fsp3) is 0.500. The molecule has 0 aromatic heterocycles. The van der Waals surface area contributed by atoms with Crippen molar-refractivity contribution in [1.29, 1.82) is 0 Å². The van der Waals surface area contributed by atoms with Crippen LogP contribution in [-0.2, 0) is 34.3 Å². The molecule has 0 saturated heterocycles. The van der Waals surface area contributed by atoms with Gasteiger partial charge in [-0.3, -0.25) is 0 Å². The number of ether oxygens (including phenoxy) is 1. The van der Waals surface area contributed by atoms with Gasteiger partial charge in [-0.05, 0) is 0 Å². The van der Waals surface area contributed by atoms with Gasteiger partial charge in [0.1, 0.15) is 12.4 Å². The molecular formula is C6H10FNO7S2. The van der Waals surface area contributed by atoms with Crippen molar-refractivity contribution in [3.05, 3.63) is 12.7 Å². The number of nitrogens with zero attached hydrogens (tertiary/aromatic N) is 1. The number of carbonyl (C=O) groups excluding carboxylic acids is 1. The van der Waals surface area contributed by atoms with Gasteiger partial charge in [0.15, 0.2) is 0 Å². The second-order valence-electron chi connectivity index (χ2n) is 2.56. The third kappa shape index (κ3) is 6.99. The number of sulfonamides is 1.